The molecule has 0 fully saturated rings. The lowest BCUT2D eigenvalue weighted by Gasteiger charge is -2.06. The number of fused-ring (bicyclic) bond motifs is 2. The molecule has 1 aromatic carbocycles. The van der Waals surface area contributed by atoms with Gasteiger partial charge >= 0.3 is 0 Å². The highest BCUT2D eigenvalue weighted by molar-refractivity contribution is 7.19. The molecule has 3 heterocycles. The number of rotatable bonds is 3. The fourth-order valence-corrected chi connectivity index (χ4v) is 3.64. The molecule has 0 spiro atoms. The number of hydrogen-bond acceptors (Lipinski definition) is 6. The largest absolute Gasteiger partial charge is 0.454 e. The summed E-state index contributed by atoms with van der Waals surface area (Å²) in [5, 5.41) is 11.3. The second-order valence-electron chi connectivity index (χ2n) is 5.87. The number of nitrogens with zero attached hydrogens (tertiary/aromatic N) is 3. The normalized spacial score (nSPS) is 13.0. The van der Waals surface area contributed by atoms with E-state index in [0.717, 1.165) is 16.5 Å². The van der Waals surface area contributed by atoms with Gasteiger partial charge in [0.1, 0.15) is 10.7 Å². The summed E-state index contributed by atoms with van der Waals surface area (Å²) in [6, 6.07) is 5.34. The second-order valence-corrected chi connectivity index (χ2v) is 6.85. The minimum Gasteiger partial charge on any atom is -0.454 e. The number of benzene rings is 1. The Balaban J connectivity index is 1.65. The van der Waals surface area contributed by atoms with E-state index in [0.29, 0.717) is 22.1 Å². The van der Waals surface area contributed by atoms with Crippen LogP contribution in [0.15, 0.2) is 18.2 Å². The van der Waals surface area contributed by atoms with Gasteiger partial charge in [0, 0.05) is 23.4 Å². The fraction of sp³-hybridized carbons (Fsp3) is 0.312. The Hall–Kier alpha value is -2.61. The van der Waals surface area contributed by atoms with Crippen LogP contribution in [0.5, 0.6) is 11.5 Å². The Bertz CT molecular complexity index is 944. The highest BCUT2D eigenvalue weighted by atomic mass is 32.1. The molecule has 3 aromatic rings. The van der Waals surface area contributed by atoms with Crippen LogP contribution in [0.3, 0.4) is 0 Å². The van der Waals surface area contributed by atoms with E-state index in [4.69, 9.17) is 9.47 Å². The quantitative estimate of drug-likeness (QED) is 0.789. The lowest BCUT2D eigenvalue weighted by Crippen LogP contribution is -2.12. The summed E-state index contributed by atoms with van der Waals surface area (Å²) >= 11 is 1.34. The summed E-state index contributed by atoms with van der Waals surface area (Å²) in [6.07, 6.45) is 0. The highest BCUT2D eigenvalue weighted by Gasteiger charge is 2.22. The predicted molar refractivity (Wildman–Crippen MR) is 90.2 cm³/mol. The number of thiazole rings is 1. The SMILES string of the molecule is Cc1c(C(=O)Nc2ccc3c(c2)OCO3)sc2nnc(C(C)C)n12. The third kappa shape index (κ3) is 2.30. The van der Waals surface area contributed by atoms with Crippen LogP contribution in [-0.2, 0) is 0 Å². The Morgan fingerprint density at radius 3 is 2.88 bits per heavy atom. The third-order valence-corrected chi connectivity index (χ3v) is 5.00. The molecule has 0 atom stereocenters. The standard InChI is InChI=1S/C16H16N4O3S/c1-8(2)14-18-19-16-20(14)9(3)13(24-16)15(21)17-10-4-5-11-12(6-10)23-7-22-11/h4-6,8H,7H2,1-3H3,(H,17,21). The molecular weight excluding hydrogens is 328 g/mol. The molecule has 0 aliphatic carbocycles. The lowest BCUT2D eigenvalue weighted by molar-refractivity contribution is 0.102. The molecule has 4 rings (SSSR count). The maximum absolute atomic E-state index is 12.6. The van der Waals surface area contributed by atoms with Crippen molar-refractivity contribution in [2.45, 2.75) is 26.7 Å². The van der Waals surface area contributed by atoms with Gasteiger partial charge in [0.25, 0.3) is 5.91 Å². The van der Waals surface area contributed by atoms with Crippen LogP contribution in [0, 0.1) is 6.92 Å². The van der Waals surface area contributed by atoms with Crippen molar-refractivity contribution in [3.8, 4) is 11.5 Å². The Kier molecular flexibility index (Phi) is 3.42. The Labute approximate surface area is 142 Å². The molecule has 0 saturated heterocycles. The minimum atomic E-state index is -0.170. The smallest absolute Gasteiger partial charge is 0.267 e. The van der Waals surface area contributed by atoms with Gasteiger partial charge in [0.05, 0.1) is 0 Å². The number of aryl methyl sites for hydroxylation is 1. The van der Waals surface area contributed by atoms with Crippen molar-refractivity contribution in [1.29, 1.82) is 0 Å². The number of carbonyl (C=O) groups excluding carboxylic acids is 1. The molecule has 0 radical (unpaired) electrons. The van der Waals surface area contributed by atoms with Crippen molar-refractivity contribution in [2.24, 2.45) is 0 Å². The molecule has 0 bridgehead atoms. The zero-order valence-corrected chi connectivity index (χ0v) is 14.3. The topological polar surface area (TPSA) is 77.8 Å². The Morgan fingerprint density at radius 2 is 2.08 bits per heavy atom. The van der Waals surface area contributed by atoms with Gasteiger partial charge in [-0.3, -0.25) is 9.20 Å². The summed E-state index contributed by atoms with van der Waals surface area (Å²) in [5.41, 5.74) is 1.51. The first-order chi connectivity index (χ1) is 11.5. The maximum Gasteiger partial charge on any atom is 0.267 e. The van der Waals surface area contributed by atoms with Gasteiger partial charge in [-0.15, -0.1) is 10.2 Å². The molecule has 0 saturated carbocycles. The first-order valence-corrected chi connectivity index (χ1v) is 8.41. The summed E-state index contributed by atoms with van der Waals surface area (Å²) in [6.45, 7) is 6.23. The van der Waals surface area contributed by atoms with Gasteiger partial charge in [0.2, 0.25) is 11.8 Å². The average Bonchev–Trinajstić information content (AvgIpc) is 3.23. The van der Waals surface area contributed by atoms with E-state index in [1.807, 2.05) is 11.3 Å². The summed E-state index contributed by atoms with van der Waals surface area (Å²) in [7, 11) is 0. The highest BCUT2D eigenvalue weighted by Crippen LogP contribution is 2.34. The van der Waals surface area contributed by atoms with Crippen LogP contribution >= 0.6 is 11.3 Å². The van der Waals surface area contributed by atoms with Gasteiger partial charge in [-0.05, 0) is 19.1 Å². The van der Waals surface area contributed by atoms with E-state index < -0.39 is 0 Å². The molecule has 24 heavy (non-hydrogen) atoms. The van der Waals surface area contributed by atoms with Gasteiger partial charge in [0.15, 0.2) is 11.5 Å². The Morgan fingerprint density at radius 1 is 1.29 bits per heavy atom. The second kappa shape index (κ2) is 5.48. The van der Waals surface area contributed by atoms with Crippen molar-refractivity contribution < 1.29 is 14.3 Å². The number of nitrogens with one attached hydrogen (secondary N) is 1. The van der Waals surface area contributed by atoms with Crippen molar-refractivity contribution in [2.75, 3.05) is 12.1 Å². The minimum absolute atomic E-state index is 0.170. The van der Waals surface area contributed by atoms with Crippen LogP contribution in [0.25, 0.3) is 4.96 Å². The van der Waals surface area contributed by atoms with Crippen LogP contribution < -0.4 is 14.8 Å². The van der Waals surface area contributed by atoms with E-state index in [1.165, 1.54) is 11.3 Å². The van der Waals surface area contributed by atoms with Gasteiger partial charge in [-0.25, -0.2) is 0 Å². The van der Waals surface area contributed by atoms with E-state index in [-0.39, 0.29) is 18.6 Å². The summed E-state index contributed by atoms with van der Waals surface area (Å²) in [5.74, 6) is 2.25. The molecule has 7 nitrogen and oxygen atoms in total. The van der Waals surface area contributed by atoms with Crippen LogP contribution in [-0.4, -0.2) is 27.3 Å². The average molecular weight is 344 g/mol. The molecule has 1 N–H and O–H groups in total. The number of aromatic nitrogens is 3. The van der Waals surface area contributed by atoms with E-state index in [1.54, 1.807) is 18.2 Å². The number of amides is 1. The summed E-state index contributed by atoms with van der Waals surface area (Å²) < 4.78 is 12.6. The molecule has 1 amide bonds. The molecule has 2 aromatic heterocycles. The van der Waals surface area contributed by atoms with Crippen molar-refractivity contribution in [3.05, 3.63) is 34.6 Å². The third-order valence-electron chi connectivity index (χ3n) is 3.87. The monoisotopic (exact) mass is 344 g/mol. The van der Waals surface area contributed by atoms with Crippen LogP contribution in [0.4, 0.5) is 5.69 Å². The molecule has 1 aliphatic rings. The van der Waals surface area contributed by atoms with Gasteiger partial charge < -0.3 is 14.8 Å². The number of carbonyl (C=O) groups is 1. The van der Waals surface area contributed by atoms with Crippen LogP contribution in [0.2, 0.25) is 0 Å². The van der Waals surface area contributed by atoms with Crippen molar-refractivity contribution in [3.63, 3.8) is 0 Å². The molecule has 0 unspecified atom stereocenters. The predicted octanol–water partition coefficient (Wildman–Crippen LogP) is 3.20. The van der Waals surface area contributed by atoms with Crippen LogP contribution in [0.1, 0.15) is 41.0 Å². The molecule has 1 aliphatic heterocycles. The first kappa shape index (κ1) is 14.9. The summed E-state index contributed by atoms with van der Waals surface area (Å²) in [4.78, 5) is 14.0. The van der Waals surface area contributed by atoms with Gasteiger partial charge in [-0.2, -0.15) is 0 Å². The van der Waals surface area contributed by atoms with E-state index >= 15 is 0 Å². The molecular formula is C16H16N4O3S. The molecule has 124 valence electrons. The van der Waals surface area contributed by atoms with Crippen molar-refractivity contribution >= 4 is 27.9 Å². The zero-order chi connectivity index (χ0) is 16.8. The van der Waals surface area contributed by atoms with Crippen molar-refractivity contribution in [1.82, 2.24) is 14.6 Å². The maximum atomic E-state index is 12.6. The molecule has 8 heteroatoms. The number of anilines is 1. The number of hydrogen-bond donors (Lipinski definition) is 1. The number of ether oxygens (including phenoxy) is 2. The fourth-order valence-electron chi connectivity index (χ4n) is 2.68. The lowest BCUT2D eigenvalue weighted by atomic mass is 10.2. The van der Waals surface area contributed by atoms with Gasteiger partial charge in [-0.1, -0.05) is 25.2 Å². The zero-order valence-electron chi connectivity index (χ0n) is 13.5. The van der Waals surface area contributed by atoms with E-state index in [2.05, 4.69) is 29.4 Å². The first-order valence-electron chi connectivity index (χ1n) is 7.60. The van der Waals surface area contributed by atoms with E-state index in [9.17, 15) is 4.79 Å².